The van der Waals surface area contributed by atoms with Crippen LogP contribution in [0.4, 0.5) is 16.2 Å². The Bertz CT molecular complexity index is 1470. The Morgan fingerprint density at radius 2 is 1.70 bits per heavy atom. The zero-order valence-electron chi connectivity index (χ0n) is 20.5. The molecule has 0 bridgehead atoms. The minimum atomic E-state index is -0.351. The van der Waals surface area contributed by atoms with E-state index in [-0.39, 0.29) is 30.6 Å². The van der Waals surface area contributed by atoms with Gasteiger partial charge in [0.2, 0.25) is 5.91 Å². The van der Waals surface area contributed by atoms with Crippen molar-refractivity contribution in [3.05, 3.63) is 113 Å². The molecule has 3 aromatic carbocycles. The number of anilines is 2. The van der Waals surface area contributed by atoms with Gasteiger partial charge in [0, 0.05) is 22.9 Å². The van der Waals surface area contributed by atoms with Crippen molar-refractivity contribution in [2.45, 2.75) is 31.8 Å². The second kappa shape index (κ2) is 9.45. The second-order valence-electron chi connectivity index (χ2n) is 9.67. The van der Waals surface area contributed by atoms with E-state index < -0.39 is 0 Å². The third-order valence-corrected chi connectivity index (χ3v) is 7.25. The normalized spacial score (nSPS) is 16.1. The van der Waals surface area contributed by atoms with E-state index in [0.29, 0.717) is 5.02 Å². The molecule has 2 aliphatic rings. The van der Waals surface area contributed by atoms with Crippen molar-refractivity contribution >= 4 is 34.9 Å². The number of hydrogen-bond donors (Lipinski definition) is 1. The zero-order valence-corrected chi connectivity index (χ0v) is 21.2. The third-order valence-electron chi connectivity index (χ3n) is 7.00. The number of carbonyl (C=O) groups is 2. The zero-order chi connectivity index (χ0) is 25.5. The van der Waals surface area contributed by atoms with Gasteiger partial charge < -0.3 is 14.8 Å². The lowest BCUT2D eigenvalue weighted by molar-refractivity contribution is -0.119. The number of carbonyl (C=O) groups excluding carboxylic acids is 2. The number of rotatable bonds is 5. The molecular formula is C30H27ClN4O2. The Morgan fingerprint density at radius 3 is 2.43 bits per heavy atom. The molecule has 0 radical (unpaired) electrons. The van der Waals surface area contributed by atoms with Crippen LogP contribution in [0.15, 0.2) is 91.1 Å². The molecule has 37 heavy (non-hydrogen) atoms. The lowest BCUT2D eigenvalue weighted by atomic mass is 9.97. The van der Waals surface area contributed by atoms with Gasteiger partial charge in [-0.2, -0.15) is 0 Å². The molecule has 1 aliphatic carbocycles. The smallest absolute Gasteiger partial charge is 0.316 e. The molecule has 0 spiro atoms. The van der Waals surface area contributed by atoms with Crippen molar-refractivity contribution in [2.75, 3.05) is 16.8 Å². The summed E-state index contributed by atoms with van der Waals surface area (Å²) in [5.74, 6) is -0.133. The second-order valence-corrected chi connectivity index (χ2v) is 10.1. The predicted octanol–water partition coefficient (Wildman–Crippen LogP) is 6.57. The first kappa shape index (κ1) is 23.4. The first-order chi connectivity index (χ1) is 18.0. The number of fused-ring (bicyclic) bond motifs is 3. The van der Waals surface area contributed by atoms with E-state index in [1.165, 1.54) is 0 Å². The summed E-state index contributed by atoms with van der Waals surface area (Å²) in [5.41, 5.74) is 5.47. The molecule has 1 fully saturated rings. The maximum absolute atomic E-state index is 14.2. The van der Waals surface area contributed by atoms with Gasteiger partial charge in [-0.3, -0.25) is 9.69 Å². The number of benzene rings is 3. The summed E-state index contributed by atoms with van der Waals surface area (Å²) in [5, 5.41) is 3.63. The van der Waals surface area contributed by atoms with Crippen molar-refractivity contribution in [3.63, 3.8) is 0 Å². The third kappa shape index (κ3) is 4.49. The Balaban J connectivity index is 1.36. The maximum atomic E-state index is 14.2. The molecule has 1 unspecified atom stereocenters. The maximum Gasteiger partial charge on any atom is 0.322 e. The molecule has 6 nitrogen and oxygen atoms in total. The number of urea groups is 1. The van der Waals surface area contributed by atoms with Crippen LogP contribution < -0.4 is 10.2 Å². The minimum Gasteiger partial charge on any atom is -0.316 e. The molecule has 6 rings (SSSR count). The molecule has 1 aromatic heterocycles. The fraction of sp³-hybridized carbons (Fsp3) is 0.200. The summed E-state index contributed by atoms with van der Waals surface area (Å²) in [6.45, 7) is 1.97. The highest BCUT2D eigenvalue weighted by molar-refractivity contribution is 6.30. The van der Waals surface area contributed by atoms with Crippen LogP contribution >= 0.6 is 11.6 Å². The molecule has 1 saturated carbocycles. The SMILES string of the molecule is Cc1cccc(NC(=O)N(CC(=O)N2c3ccccc3-n3cccc3C2c2ccc(Cl)cc2)C2CC2)c1. The highest BCUT2D eigenvalue weighted by Gasteiger charge is 2.40. The van der Waals surface area contributed by atoms with E-state index in [0.717, 1.165) is 46.7 Å². The first-order valence-electron chi connectivity index (χ1n) is 12.5. The summed E-state index contributed by atoms with van der Waals surface area (Å²) in [6.07, 6.45) is 3.81. The van der Waals surface area contributed by atoms with E-state index >= 15 is 0 Å². The van der Waals surface area contributed by atoms with Crippen LogP contribution in [-0.4, -0.2) is 34.0 Å². The van der Waals surface area contributed by atoms with E-state index in [2.05, 4.69) is 9.88 Å². The lowest BCUT2D eigenvalue weighted by Gasteiger charge is -2.39. The highest BCUT2D eigenvalue weighted by Crippen LogP contribution is 2.42. The van der Waals surface area contributed by atoms with Gasteiger partial charge in [-0.25, -0.2) is 4.79 Å². The minimum absolute atomic E-state index is 0.0125. The summed E-state index contributed by atoms with van der Waals surface area (Å²) >= 11 is 6.19. The molecule has 1 atom stereocenters. The molecule has 4 aromatic rings. The van der Waals surface area contributed by atoms with E-state index in [1.54, 1.807) is 4.90 Å². The Morgan fingerprint density at radius 1 is 0.946 bits per heavy atom. The fourth-order valence-electron chi connectivity index (χ4n) is 5.12. The van der Waals surface area contributed by atoms with E-state index in [9.17, 15) is 9.59 Å². The van der Waals surface area contributed by atoms with E-state index in [1.807, 2.05) is 103 Å². The van der Waals surface area contributed by atoms with Crippen LogP contribution in [0, 0.1) is 6.92 Å². The summed E-state index contributed by atoms with van der Waals surface area (Å²) in [7, 11) is 0. The number of aromatic nitrogens is 1. The number of halogens is 1. The molecule has 0 saturated heterocycles. The van der Waals surface area contributed by atoms with Gasteiger partial charge in [0.25, 0.3) is 0 Å². The van der Waals surface area contributed by atoms with Crippen molar-refractivity contribution in [1.29, 1.82) is 0 Å². The van der Waals surface area contributed by atoms with Crippen LogP contribution in [0.2, 0.25) is 5.02 Å². The molecule has 1 N–H and O–H groups in total. The molecule has 7 heteroatoms. The monoisotopic (exact) mass is 510 g/mol. The Hall–Kier alpha value is -4.03. The summed E-state index contributed by atoms with van der Waals surface area (Å²) in [4.78, 5) is 31.0. The molecule has 1 aliphatic heterocycles. The van der Waals surface area contributed by atoms with Crippen molar-refractivity contribution in [3.8, 4) is 5.69 Å². The number of aryl methyl sites for hydroxylation is 1. The van der Waals surface area contributed by atoms with Gasteiger partial charge >= 0.3 is 6.03 Å². The number of amides is 3. The van der Waals surface area contributed by atoms with Crippen LogP contribution in [0.1, 0.15) is 35.7 Å². The van der Waals surface area contributed by atoms with Crippen molar-refractivity contribution in [2.24, 2.45) is 0 Å². The van der Waals surface area contributed by atoms with Gasteiger partial charge in [0.15, 0.2) is 0 Å². The molecule has 3 amide bonds. The molecule has 2 heterocycles. The van der Waals surface area contributed by atoms with E-state index in [4.69, 9.17) is 11.6 Å². The quantitative estimate of drug-likeness (QED) is 0.330. The lowest BCUT2D eigenvalue weighted by Crippen LogP contribution is -2.48. The van der Waals surface area contributed by atoms with Gasteiger partial charge in [0.05, 0.1) is 17.1 Å². The van der Waals surface area contributed by atoms with Gasteiger partial charge in [-0.1, -0.05) is 48.0 Å². The largest absolute Gasteiger partial charge is 0.322 e. The van der Waals surface area contributed by atoms with Gasteiger partial charge in [-0.05, 0) is 79.4 Å². The summed E-state index contributed by atoms with van der Waals surface area (Å²) in [6, 6.07) is 26.7. The van der Waals surface area contributed by atoms with Crippen LogP contribution in [0.25, 0.3) is 5.69 Å². The van der Waals surface area contributed by atoms with Crippen LogP contribution in [0.3, 0.4) is 0 Å². The van der Waals surface area contributed by atoms with Crippen molar-refractivity contribution < 1.29 is 9.59 Å². The first-order valence-corrected chi connectivity index (χ1v) is 12.9. The number of hydrogen-bond acceptors (Lipinski definition) is 2. The van der Waals surface area contributed by atoms with Crippen LogP contribution in [0.5, 0.6) is 0 Å². The summed E-state index contributed by atoms with van der Waals surface area (Å²) < 4.78 is 2.13. The highest BCUT2D eigenvalue weighted by atomic mass is 35.5. The average Bonchev–Trinajstić information content (AvgIpc) is 3.62. The molecule has 186 valence electrons. The Kier molecular flexibility index (Phi) is 5.97. The van der Waals surface area contributed by atoms with Gasteiger partial charge in [0.1, 0.15) is 12.6 Å². The predicted molar refractivity (Wildman–Crippen MR) is 146 cm³/mol. The Labute approximate surface area is 221 Å². The average molecular weight is 511 g/mol. The van der Waals surface area contributed by atoms with Crippen molar-refractivity contribution in [1.82, 2.24) is 9.47 Å². The molecular weight excluding hydrogens is 484 g/mol. The fourth-order valence-corrected chi connectivity index (χ4v) is 5.24. The standard InChI is InChI=1S/C30H27ClN4O2/c1-20-6-4-7-23(18-20)32-30(37)34(24-15-16-24)19-28(36)35-26-9-3-2-8-25(26)33-17-5-10-27(33)29(35)21-11-13-22(31)14-12-21/h2-14,17-18,24,29H,15-16,19H2,1H3,(H,32,37). The van der Waals surface area contributed by atoms with Gasteiger partial charge in [-0.15, -0.1) is 0 Å². The number of para-hydroxylation sites is 2. The number of nitrogens with zero attached hydrogens (tertiary/aromatic N) is 3. The number of nitrogens with one attached hydrogen (secondary N) is 1. The topological polar surface area (TPSA) is 57.6 Å². The van der Waals surface area contributed by atoms with Crippen LogP contribution in [-0.2, 0) is 4.79 Å².